The van der Waals surface area contributed by atoms with E-state index >= 15 is 0 Å². The highest BCUT2D eigenvalue weighted by Crippen LogP contribution is 2.28. The lowest BCUT2D eigenvalue weighted by Crippen LogP contribution is -2.46. The van der Waals surface area contributed by atoms with Crippen molar-refractivity contribution in [3.05, 3.63) is 65.6 Å². The highest BCUT2D eigenvalue weighted by molar-refractivity contribution is 7.90. The molecule has 3 aromatic rings. The first-order valence-electron chi connectivity index (χ1n) is 12.4. The smallest absolute Gasteiger partial charge is 0.238 e. The second-order valence-corrected chi connectivity index (χ2v) is 10.6. The van der Waals surface area contributed by atoms with Gasteiger partial charge in [-0.25, -0.2) is 9.98 Å². The number of aromatic nitrogens is 1. The number of benzene rings is 2. The Bertz CT molecular complexity index is 1440. The van der Waals surface area contributed by atoms with Gasteiger partial charge < -0.3 is 25.5 Å². The number of allylic oxidation sites excluding steroid dienone is 1. The van der Waals surface area contributed by atoms with Crippen molar-refractivity contribution in [3.8, 4) is 0 Å². The molecule has 1 fully saturated rings. The lowest BCUT2D eigenvalue weighted by Gasteiger charge is -2.26. The van der Waals surface area contributed by atoms with Gasteiger partial charge in [0, 0.05) is 43.3 Å². The lowest BCUT2D eigenvalue weighted by molar-refractivity contribution is -0.117. The number of nitrogens with zero attached hydrogens (tertiary/aromatic N) is 3. The number of nitrogens with one attached hydrogen (secondary N) is 4. The lowest BCUT2D eigenvalue weighted by atomic mass is 10.0. The van der Waals surface area contributed by atoms with Gasteiger partial charge in [-0.15, -0.1) is 0 Å². The molecule has 1 unspecified atom stereocenters. The molecular weight excluding hydrogens is 505 g/mol. The Kier molecular flexibility index (Phi) is 7.89. The number of piperazine rings is 1. The summed E-state index contributed by atoms with van der Waals surface area (Å²) >= 11 is -1.46. The highest BCUT2D eigenvalue weighted by Gasteiger charge is 2.20. The second kappa shape index (κ2) is 11.5. The molecule has 1 amide bonds. The van der Waals surface area contributed by atoms with Crippen LogP contribution in [0.2, 0.25) is 0 Å². The summed E-state index contributed by atoms with van der Waals surface area (Å²) in [5.74, 6) is -0.398. The minimum Gasteiger partial charge on any atom is -0.612 e. The molecule has 0 saturated carbocycles. The number of anilines is 2. The van der Waals surface area contributed by atoms with Crippen LogP contribution in [0.15, 0.2) is 69.1 Å². The number of carbonyl (C=O) groups is 1. The maximum atomic E-state index is 14.9. The maximum Gasteiger partial charge on any atom is 0.238 e. The van der Waals surface area contributed by atoms with Gasteiger partial charge in [-0.1, -0.05) is 24.3 Å². The van der Waals surface area contributed by atoms with Crippen molar-refractivity contribution < 1.29 is 13.7 Å². The van der Waals surface area contributed by atoms with E-state index < -0.39 is 17.0 Å². The molecule has 1 atom stereocenters. The van der Waals surface area contributed by atoms with Crippen molar-refractivity contribution in [2.24, 2.45) is 9.98 Å². The van der Waals surface area contributed by atoms with Crippen LogP contribution in [-0.2, 0) is 16.0 Å². The zero-order valence-corrected chi connectivity index (χ0v) is 22.1. The number of guanidine groups is 1. The fourth-order valence-corrected chi connectivity index (χ4v) is 5.23. The van der Waals surface area contributed by atoms with Crippen LogP contribution in [0.25, 0.3) is 10.9 Å². The monoisotopic (exact) mass is 535 g/mol. The normalized spacial score (nSPS) is 17.3. The zero-order valence-electron chi connectivity index (χ0n) is 21.3. The van der Waals surface area contributed by atoms with Crippen molar-refractivity contribution in [1.29, 1.82) is 0 Å². The fourth-order valence-electron chi connectivity index (χ4n) is 4.60. The quantitative estimate of drug-likeness (QED) is 0.362. The first-order chi connectivity index (χ1) is 18.4. The minimum atomic E-state index is -1.46. The van der Waals surface area contributed by atoms with Gasteiger partial charge in [0.15, 0.2) is 4.90 Å². The van der Waals surface area contributed by atoms with Gasteiger partial charge in [-0.05, 0) is 41.9 Å². The average molecular weight is 536 g/mol. The number of amides is 1. The molecule has 4 N–H and O–H groups in total. The molecule has 3 heterocycles. The number of rotatable bonds is 6. The van der Waals surface area contributed by atoms with Crippen molar-refractivity contribution >= 4 is 51.0 Å². The van der Waals surface area contributed by atoms with E-state index in [1.165, 1.54) is 12.3 Å². The van der Waals surface area contributed by atoms with Crippen molar-refractivity contribution in [2.75, 3.05) is 56.2 Å². The van der Waals surface area contributed by atoms with E-state index in [0.717, 1.165) is 48.2 Å². The fraction of sp³-hybridized carbons (Fsp3) is 0.296. The van der Waals surface area contributed by atoms with Crippen LogP contribution in [-0.4, -0.2) is 77.5 Å². The molecule has 5 rings (SSSR count). The second-order valence-electron chi connectivity index (χ2n) is 9.21. The van der Waals surface area contributed by atoms with Crippen molar-refractivity contribution in [3.63, 3.8) is 0 Å². The Balaban J connectivity index is 1.42. The summed E-state index contributed by atoms with van der Waals surface area (Å²) in [6, 6.07) is 10.4. The predicted molar refractivity (Wildman–Crippen MR) is 151 cm³/mol. The van der Waals surface area contributed by atoms with Crippen molar-refractivity contribution in [2.45, 2.75) is 11.8 Å². The van der Waals surface area contributed by atoms with Crippen LogP contribution >= 0.6 is 0 Å². The van der Waals surface area contributed by atoms with Gasteiger partial charge >= 0.3 is 0 Å². The molecule has 198 valence electrons. The van der Waals surface area contributed by atoms with E-state index in [0.29, 0.717) is 24.5 Å². The number of carbonyl (C=O) groups excluding carboxylic acids is 1. The van der Waals surface area contributed by atoms with Gasteiger partial charge in [0.2, 0.25) is 17.7 Å². The summed E-state index contributed by atoms with van der Waals surface area (Å²) in [4.78, 5) is 27.5. The molecule has 2 aliphatic heterocycles. The summed E-state index contributed by atoms with van der Waals surface area (Å²) in [6.07, 6.45) is 5.25. The van der Waals surface area contributed by atoms with Crippen LogP contribution in [0.3, 0.4) is 0 Å². The molecule has 11 heteroatoms. The van der Waals surface area contributed by atoms with E-state index in [4.69, 9.17) is 4.99 Å². The average Bonchev–Trinajstić information content (AvgIpc) is 3.24. The number of hydrogen-bond donors (Lipinski definition) is 4. The highest BCUT2D eigenvalue weighted by atomic mass is 32.2. The zero-order chi connectivity index (χ0) is 26.6. The topological polar surface area (TPSA) is 120 Å². The number of aliphatic imine (C=N–C) groups is 2. The third kappa shape index (κ3) is 5.65. The number of hydrogen-bond acceptors (Lipinski definition) is 7. The summed E-state index contributed by atoms with van der Waals surface area (Å²) < 4.78 is 26.8. The van der Waals surface area contributed by atoms with E-state index in [1.54, 1.807) is 12.1 Å². The number of fused-ring (bicyclic) bond motifs is 1. The van der Waals surface area contributed by atoms with E-state index in [1.807, 2.05) is 37.4 Å². The Morgan fingerprint density at radius 3 is 2.74 bits per heavy atom. The first kappa shape index (κ1) is 26.1. The predicted octanol–water partition coefficient (Wildman–Crippen LogP) is 3.11. The van der Waals surface area contributed by atoms with Gasteiger partial charge in [0.1, 0.15) is 6.26 Å². The minimum absolute atomic E-state index is 0.0608. The molecule has 2 aromatic carbocycles. The van der Waals surface area contributed by atoms with Crippen LogP contribution in [0, 0.1) is 5.82 Å². The SMILES string of the molecule is CC1=CCN=C(Nc2cccc([S+](C)[O-])c2F)N=C1c1c[nH]c2c(NC(=O)CN3CCNCC3)cccc12. The van der Waals surface area contributed by atoms with Gasteiger partial charge in [0.05, 0.1) is 35.7 Å². The molecule has 1 aromatic heterocycles. The van der Waals surface area contributed by atoms with Crippen LogP contribution in [0.5, 0.6) is 0 Å². The maximum absolute atomic E-state index is 14.9. The van der Waals surface area contributed by atoms with Crippen molar-refractivity contribution in [1.82, 2.24) is 15.2 Å². The molecule has 0 aliphatic carbocycles. The third-order valence-electron chi connectivity index (χ3n) is 6.57. The van der Waals surface area contributed by atoms with Crippen LogP contribution in [0.4, 0.5) is 15.8 Å². The number of halogens is 1. The van der Waals surface area contributed by atoms with Crippen LogP contribution in [0.1, 0.15) is 12.5 Å². The first-order valence-corrected chi connectivity index (χ1v) is 14.0. The molecular formula is C27H30FN7O2S. The molecule has 0 bridgehead atoms. The molecule has 0 radical (unpaired) electrons. The number of aromatic amines is 1. The Hall–Kier alpha value is -3.51. The molecule has 2 aliphatic rings. The molecule has 1 saturated heterocycles. The summed E-state index contributed by atoms with van der Waals surface area (Å²) in [5.41, 5.74) is 4.10. The van der Waals surface area contributed by atoms with Gasteiger partial charge in [-0.3, -0.25) is 9.69 Å². The molecule has 38 heavy (non-hydrogen) atoms. The van der Waals surface area contributed by atoms with Gasteiger partial charge in [0.25, 0.3) is 0 Å². The summed E-state index contributed by atoms with van der Waals surface area (Å²) in [7, 11) is 0. The third-order valence-corrected chi connectivity index (χ3v) is 7.51. The Morgan fingerprint density at radius 2 is 1.95 bits per heavy atom. The summed E-state index contributed by atoms with van der Waals surface area (Å²) in [5, 5.41) is 10.2. The van der Waals surface area contributed by atoms with Crippen LogP contribution < -0.4 is 16.0 Å². The standard InChI is InChI=1S/C27H30FN7O2S/c1-17-9-10-30-27(33-20-6-4-8-22(24(20)28)38(2)37)34-25(17)19-15-31-26-18(19)5-3-7-21(26)32-23(36)16-35-13-11-29-12-14-35/h3-9,15,29,31H,10-14,16H2,1-2H3,(H,30,33)(H,32,36). The van der Waals surface area contributed by atoms with E-state index in [-0.39, 0.29) is 22.4 Å². The van der Waals surface area contributed by atoms with E-state index in [2.05, 4.69) is 30.8 Å². The van der Waals surface area contributed by atoms with Gasteiger partial charge in [-0.2, -0.15) is 4.39 Å². The van der Waals surface area contributed by atoms with E-state index in [9.17, 15) is 13.7 Å². The number of H-pyrrole nitrogens is 1. The molecule has 9 nitrogen and oxygen atoms in total. The summed E-state index contributed by atoms with van der Waals surface area (Å²) in [6.45, 7) is 6.13. The Labute approximate surface area is 223 Å². The largest absolute Gasteiger partial charge is 0.612 e. The molecule has 0 spiro atoms. The number of para-hydroxylation sites is 1. The Morgan fingerprint density at radius 1 is 1.18 bits per heavy atom.